The van der Waals surface area contributed by atoms with Crippen molar-refractivity contribution in [3.05, 3.63) is 125 Å². The Bertz CT molecular complexity index is 1710. The maximum Gasteiger partial charge on any atom is 0.272 e. The summed E-state index contributed by atoms with van der Waals surface area (Å²) in [6.07, 6.45) is 1.55. The normalized spacial score (nSPS) is 11.8. The Morgan fingerprint density at radius 3 is 1.98 bits per heavy atom. The molecule has 0 saturated carbocycles. The molecule has 1 unspecified atom stereocenters. The van der Waals surface area contributed by atoms with Gasteiger partial charge in [-0.3, -0.25) is 14.4 Å². The van der Waals surface area contributed by atoms with Crippen molar-refractivity contribution in [3.63, 3.8) is 0 Å². The maximum absolute atomic E-state index is 14.0. The summed E-state index contributed by atoms with van der Waals surface area (Å²) in [5.41, 5.74) is 1.17. The monoisotopic (exact) mass is 636 g/mol. The van der Waals surface area contributed by atoms with Crippen LogP contribution in [0.25, 0.3) is 6.08 Å². The van der Waals surface area contributed by atoms with Crippen LogP contribution in [0.4, 0.5) is 34.6 Å². The van der Waals surface area contributed by atoms with E-state index in [1.165, 1.54) is 6.92 Å². The van der Waals surface area contributed by atoms with Crippen molar-refractivity contribution in [2.75, 3.05) is 29.6 Å². The minimum absolute atomic E-state index is 0.00143. The van der Waals surface area contributed by atoms with Crippen molar-refractivity contribution in [1.82, 2.24) is 5.32 Å². The van der Waals surface area contributed by atoms with Gasteiger partial charge in [0.15, 0.2) is 23.3 Å². The first-order valence-electron chi connectivity index (χ1n) is 13.5. The lowest BCUT2D eigenvalue weighted by atomic mass is 10.1. The molecule has 4 aromatic carbocycles. The van der Waals surface area contributed by atoms with Crippen LogP contribution < -0.4 is 20.9 Å². The Morgan fingerprint density at radius 2 is 1.40 bits per heavy atom. The molecule has 0 aromatic heterocycles. The Kier molecular flexibility index (Phi) is 10.6. The van der Waals surface area contributed by atoms with E-state index in [4.69, 9.17) is 0 Å². The minimum atomic E-state index is -1.71. The highest BCUT2D eigenvalue weighted by Gasteiger charge is 2.24. The molecule has 45 heavy (non-hydrogen) atoms. The fourth-order valence-corrected chi connectivity index (χ4v) is 4.83. The van der Waals surface area contributed by atoms with Crippen molar-refractivity contribution >= 4 is 52.6 Å². The third-order valence-electron chi connectivity index (χ3n) is 6.40. The van der Waals surface area contributed by atoms with E-state index in [-0.39, 0.29) is 11.8 Å². The molecule has 3 N–H and O–H groups in total. The molecule has 1 atom stereocenters. The van der Waals surface area contributed by atoms with Crippen LogP contribution in [-0.4, -0.2) is 37.1 Å². The highest BCUT2D eigenvalue weighted by atomic mass is 32.2. The zero-order chi connectivity index (χ0) is 32.7. The number of nitrogens with zero attached hydrogens (tertiary/aromatic N) is 1. The Morgan fingerprint density at radius 1 is 0.800 bits per heavy atom. The average Bonchev–Trinajstić information content (AvgIpc) is 3.03. The summed E-state index contributed by atoms with van der Waals surface area (Å²) in [5, 5.41) is 6.39. The van der Waals surface area contributed by atoms with Gasteiger partial charge in [-0.2, -0.15) is 0 Å². The Hall–Kier alpha value is -5.10. The van der Waals surface area contributed by atoms with Gasteiger partial charge in [-0.1, -0.05) is 30.3 Å². The summed E-state index contributed by atoms with van der Waals surface area (Å²) in [4.78, 5) is 41.2. The van der Waals surface area contributed by atoms with Gasteiger partial charge in [0, 0.05) is 42.0 Å². The van der Waals surface area contributed by atoms with Crippen LogP contribution >= 0.6 is 11.8 Å². The van der Waals surface area contributed by atoms with E-state index >= 15 is 0 Å². The van der Waals surface area contributed by atoms with E-state index in [2.05, 4.69) is 10.6 Å². The molecule has 0 aliphatic carbocycles. The number of carbonyl (C=O) groups excluding carboxylic acids is 3. The molecule has 4 rings (SSSR count). The van der Waals surface area contributed by atoms with E-state index in [1.807, 2.05) is 48.6 Å². The van der Waals surface area contributed by atoms with Gasteiger partial charge in [0.2, 0.25) is 5.91 Å². The number of rotatable bonds is 10. The van der Waals surface area contributed by atoms with E-state index in [9.17, 15) is 31.9 Å². The molecule has 0 radical (unpaired) electrons. The number of thioether (sulfide) groups is 1. The van der Waals surface area contributed by atoms with Crippen molar-refractivity contribution in [1.29, 1.82) is 0 Å². The maximum atomic E-state index is 14.0. The van der Waals surface area contributed by atoms with E-state index in [1.54, 1.807) is 60.7 Å². The number of amides is 3. The second kappa shape index (κ2) is 14.6. The highest BCUT2D eigenvalue weighted by Crippen LogP contribution is 2.28. The van der Waals surface area contributed by atoms with Gasteiger partial charge in [-0.05, 0) is 67.1 Å². The predicted octanol–water partition coefficient (Wildman–Crippen LogP) is 6.84. The number of nitrogens with one attached hydrogen (secondary N) is 3. The molecule has 3 amide bonds. The summed E-state index contributed by atoms with van der Waals surface area (Å²) in [6.45, 7) is 1.44. The number of hydrogen-bond donors (Lipinski definition) is 3. The van der Waals surface area contributed by atoms with Crippen LogP contribution in [0.3, 0.4) is 0 Å². The topological polar surface area (TPSA) is 90.5 Å². The zero-order valence-electron chi connectivity index (χ0n) is 24.3. The minimum Gasteiger partial charge on any atom is -0.378 e. The third kappa shape index (κ3) is 8.51. The molecule has 4 aromatic rings. The number of carbonyl (C=O) groups is 3. The molecule has 0 heterocycles. The lowest BCUT2D eigenvalue weighted by molar-refractivity contribution is -0.115. The highest BCUT2D eigenvalue weighted by molar-refractivity contribution is 8.00. The standard InChI is InChI=1S/C33H28F4N4O3S/c1-19(31(42)40-30-28(36)25(34)18-26(35)29(30)37)45-24-15-11-22(12-16-24)38-33(44)27(39-32(43)21-7-5-4-6-8-21)17-20-9-13-23(14-10-20)41(2)3/h4-19H,1-3H3,(H,38,44)(H,39,43)(H,40,42)/b27-17-. The molecule has 0 fully saturated rings. The number of benzene rings is 4. The molecule has 12 heteroatoms. The van der Waals surface area contributed by atoms with Crippen molar-refractivity contribution in [2.24, 2.45) is 0 Å². The molecule has 232 valence electrons. The molecular formula is C33H28F4N4O3S. The van der Waals surface area contributed by atoms with E-state index < -0.39 is 51.9 Å². The number of halogens is 4. The quantitative estimate of drug-likeness (QED) is 0.0768. The summed E-state index contributed by atoms with van der Waals surface area (Å²) >= 11 is 1.01. The van der Waals surface area contributed by atoms with Gasteiger partial charge in [0.25, 0.3) is 11.8 Å². The van der Waals surface area contributed by atoms with Gasteiger partial charge in [-0.25, -0.2) is 17.6 Å². The predicted molar refractivity (Wildman–Crippen MR) is 168 cm³/mol. The Labute approximate surface area is 261 Å². The van der Waals surface area contributed by atoms with Crippen LogP contribution in [0.1, 0.15) is 22.8 Å². The summed E-state index contributed by atoms with van der Waals surface area (Å²) in [5.74, 6) is -8.64. The summed E-state index contributed by atoms with van der Waals surface area (Å²) in [6, 6.07) is 22.2. The van der Waals surface area contributed by atoms with Crippen LogP contribution in [0.2, 0.25) is 0 Å². The van der Waals surface area contributed by atoms with Crippen molar-refractivity contribution < 1.29 is 31.9 Å². The van der Waals surface area contributed by atoms with E-state index in [0.29, 0.717) is 21.7 Å². The molecule has 0 saturated heterocycles. The molecule has 0 spiro atoms. The van der Waals surface area contributed by atoms with Crippen LogP contribution in [0, 0.1) is 23.3 Å². The first kappa shape index (κ1) is 32.8. The van der Waals surface area contributed by atoms with Gasteiger partial charge >= 0.3 is 0 Å². The second-order valence-corrected chi connectivity index (χ2v) is 11.3. The van der Waals surface area contributed by atoms with E-state index in [0.717, 1.165) is 17.4 Å². The second-order valence-electron chi connectivity index (χ2n) is 9.94. The van der Waals surface area contributed by atoms with Crippen molar-refractivity contribution in [2.45, 2.75) is 17.1 Å². The Balaban J connectivity index is 1.46. The summed E-state index contributed by atoms with van der Waals surface area (Å²) < 4.78 is 54.9. The average molecular weight is 637 g/mol. The fraction of sp³-hybridized carbons (Fsp3) is 0.121. The fourth-order valence-electron chi connectivity index (χ4n) is 3.96. The van der Waals surface area contributed by atoms with Crippen LogP contribution in [0.15, 0.2) is 95.5 Å². The van der Waals surface area contributed by atoms with Crippen molar-refractivity contribution in [3.8, 4) is 0 Å². The van der Waals surface area contributed by atoms with Gasteiger partial charge in [-0.15, -0.1) is 11.8 Å². The summed E-state index contributed by atoms with van der Waals surface area (Å²) in [7, 11) is 3.81. The smallest absolute Gasteiger partial charge is 0.272 e. The van der Waals surface area contributed by atoms with Gasteiger partial charge in [0.1, 0.15) is 11.4 Å². The molecule has 0 aliphatic rings. The number of anilines is 3. The van der Waals surface area contributed by atoms with Crippen LogP contribution in [-0.2, 0) is 9.59 Å². The largest absolute Gasteiger partial charge is 0.378 e. The lowest BCUT2D eigenvalue weighted by Crippen LogP contribution is -2.30. The molecule has 0 bridgehead atoms. The SMILES string of the molecule is CC(Sc1ccc(NC(=O)/C(=C/c2ccc(N(C)C)cc2)NC(=O)c2ccccc2)cc1)C(=O)Nc1c(F)c(F)cc(F)c1F. The molecule has 0 aliphatic heterocycles. The van der Waals surface area contributed by atoms with Gasteiger partial charge in [0.05, 0.1) is 5.25 Å². The van der Waals surface area contributed by atoms with Crippen LogP contribution in [0.5, 0.6) is 0 Å². The molecular weight excluding hydrogens is 608 g/mol. The number of hydrogen-bond acceptors (Lipinski definition) is 5. The zero-order valence-corrected chi connectivity index (χ0v) is 25.1. The first-order valence-corrected chi connectivity index (χ1v) is 14.4. The lowest BCUT2D eigenvalue weighted by Gasteiger charge is -2.15. The molecule has 7 nitrogen and oxygen atoms in total. The van der Waals surface area contributed by atoms with Gasteiger partial charge < -0.3 is 20.9 Å². The third-order valence-corrected chi connectivity index (χ3v) is 7.52. The first-order chi connectivity index (χ1) is 21.4.